The summed E-state index contributed by atoms with van der Waals surface area (Å²) in [7, 11) is 1.82. The second kappa shape index (κ2) is 11.2. The molecule has 2 fully saturated rings. The number of guanidine groups is 1. The summed E-state index contributed by atoms with van der Waals surface area (Å²) in [5, 5.41) is 7.02. The molecule has 7 nitrogen and oxygen atoms in total. The third-order valence-electron chi connectivity index (χ3n) is 6.36. The molecule has 0 atom stereocenters. The van der Waals surface area contributed by atoms with E-state index in [0.717, 1.165) is 18.1 Å². The number of amides is 1. The van der Waals surface area contributed by atoms with Crippen LogP contribution in [0.5, 0.6) is 5.75 Å². The Hall–Kier alpha value is -2.28. The van der Waals surface area contributed by atoms with Crippen molar-refractivity contribution in [2.24, 2.45) is 10.7 Å². The van der Waals surface area contributed by atoms with Crippen LogP contribution in [-0.2, 0) is 11.3 Å². The van der Waals surface area contributed by atoms with Gasteiger partial charge in [-0.25, -0.2) is 0 Å². The number of hydrogen-bond acceptors (Lipinski definition) is 4. The average Bonchev–Trinajstić information content (AvgIpc) is 2.79. The molecule has 166 valence electrons. The van der Waals surface area contributed by atoms with Crippen molar-refractivity contribution in [1.29, 1.82) is 0 Å². The second-order valence-electron chi connectivity index (χ2n) is 8.51. The van der Waals surface area contributed by atoms with Crippen molar-refractivity contribution in [1.82, 2.24) is 15.5 Å². The van der Waals surface area contributed by atoms with Gasteiger partial charge in [0.2, 0.25) is 0 Å². The molecule has 0 bridgehead atoms. The van der Waals surface area contributed by atoms with E-state index >= 15 is 0 Å². The van der Waals surface area contributed by atoms with E-state index in [0.29, 0.717) is 12.3 Å². The standard InChI is InChI=1S/C23H37N5O2/c1-25-22(26-16-19-9-8-10-20(15-19)30-17-21(24)29)27-18-23(11-4-2-5-12-23)28-13-6-3-7-14-28/h8-10,15H,2-7,11-14,16-18H2,1H3,(H2,24,29)(H2,25,26,27). The minimum Gasteiger partial charge on any atom is -0.484 e. The molecule has 1 heterocycles. The minimum absolute atomic E-state index is 0.112. The van der Waals surface area contributed by atoms with Crippen LogP contribution in [0.4, 0.5) is 0 Å². The lowest BCUT2D eigenvalue weighted by Gasteiger charge is -2.48. The summed E-state index contributed by atoms with van der Waals surface area (Å²) < 4.78 is 5.39. The SMILES string of the molecule is CN=C(NCc1cccc(OCC(N)=O)c1)NCC1(N2CCCCC2)CCCCC1. The Labute approximate surface area is 180 Å². The predicted octanol–water partition coefficient (Wildman–Crippen LogP) is 2.40. The van der Waals surface area contributed by atoms with Gasteiger partial charge in [0.05, 0.1) is 0 Å². The van der Waals surface area contributed by atoms with Crippen molar-refractivity contribution in [3.8, 4) is 5.75 Å². The lowest BCUT2D eigenvalue weighted by molar-refractivity contribution is -0.119. The molecule has 1 saturated carbocycles. The summed E-state index contributed by atoms with van der Waals surface area (Å²) in [6.45, 7) is 3.91. The molecule has 3 rings (SSSR count). The fourth-order valence-corrected chi connectivity index (χ4v) is 4.74. The van der Waals surface area contributed by atoms with Gasteiger partial charge in [0.15, 0.2) is 12.6 Å². The van der Waals surface area contributed by atoms with Crippen LogP contribution in [0.1, 0.15) is 56.9 Å². The van der Waals surface area contributed by atoms with Crippen LogP contribution in [0.15, 0.2) is 29.3 Å². The zero-order chi connectivity index (χ0) is 21.2. The Morgan fingerprint density at radius 3 is 2.57 bits per heavy atom. The summed E-state index contributed by atoms with van der Waals surface area (Å²) in [5.41, 5.74) is 6.47. The molecule has 1 amide bonds. The molecule has 1 saturated heterocycles. The number of carbonyl (C=O) groups excluding carboxylic acids is 1. The van der Waals surface area contributed by atoms with Crippen LogP contribution in [0.2, 0.25) is 0 Å². The van der Waals surface area contributed by atoms with E-state index in [2.05, 4.69) is 20.5 Å². The summed E-state index contributed by atoms with van der Waals surface area (Å²) in [5.74, 6) is 0.983. The fraction of sp³-hybridized carbons (Fsp3) is 0.652. The van der Waals surface area contributed by atoms with Gasteiger partial charge in [-0.2, -0.15) is 0 Å². The van der Waals surface area contributed by atoms with Crippen molar-refractivity contribution in [3.05, 3.63) is 29.8 Å². The molecule has 0 unspecified atom stereocenters. The molecule has 1 aliphatic heterocycles. The first-order valence-electron chi connectivity index (χ1n) is 11.3. The number of benzene rings is 1. The van der Waals surface area contributed by atoms with E-state index in [1.165, 1.54) is 64.5 Å². The highest BCUT2D eigenvalue weighted by Gasteiger charge is 2.38. The number of nitrogens with one attached hydrogen (secondary N) is 2. The van der Waals surface area contributed by atoms with Gasteiger partial charge in [0, 0.05) is 25.7 Å². The van der Waals surface area contributed by atoms with Crippen LogP contribution in [0.25, 0.3) is 0 Å². The monoisotopic (exact) mass is 415 g/mol. The lowest BCUT2D eigenvalue weighted by Crippen LogP contribution is -2.59. The van der Waals surface area contributed by atoms with Gasteiger partial charge in [-0.05, 0) is 56.5 Å². The molecule has 1 aliphatic carbocycles. The fourth-order valence-electron chi connectivity index (χ4n) is 4.74. The zero-order valence-corrected chi connectivity index (χ0v) is 18.3. The maximum absolute atomic E-state index is 10.9. The number of primary amides is 1. The highest BCUT2D eigenvalue weighted by Crippen LogP contribution is 2.35. The van der Waals surface area contributed by atoms with E-state index in [9.17, 15) is 4.79 Å². The number of hydrogen-bond donors (Lipinski definition) is 3. The number of ether oxygens (including phenoxy) is 1. The number of piperidine rings is 1. The van der Waals surface area contributed by atoms with Gasteiger partial charge in [-0.3, -0.25) is 14.7 Å². The number of nitrogens with zero attached hydrogens (tertiary/aromatic N) is 2. The zero-order valence-electron chi connectivity index (χ0n) is 18.3. The first-order chi connectivity index (χ1) is 14.6. The third kappa shape index (κ3) is 6.36. The molecule has 0 spiro atoms. The number of carbonyl (C=O) groups is 1. The van der Waals surface area contributed by atoms with Gasteiger partial charge in [0.1, 0.15) is 5.75 Å². The van der Waals surface area contributed by atoms with Crippen LogP contribution in [0.3, 0.4) is 0 Å². The maximum atomic E-state index is 10.9. The van der Waals surface area contributed by atoms with Crippen LogP contribution < -0.4 is 21.1 Å². The molecule has 7 heteroatoms. The number of aliphatic imine (C=N–C) groups is 1. The van der Waals surface area contributed by atoms with Crippen molar-refractivity contribution >= 4 is 11.9 Å². The van der Waals surface area contributed by atoms with Crippen molar-refractivity contribution in [3.63, 3.8) is 0 Å². The molecular weight excluding hydrogens is 378 g/mol. The quantitative estimate of drug-likeness (QED) is 0.448. The topological polar surface area (TPSA) is 92.0 Å². The lowest BCUT2D eigenvalue weighted by atomic mass is 9.79. The molecular formula is C23H37N5O2. The van der Waals surface area contributed by atoms with Crippen molar-refractivity contribution in [2.75, 3.05) is 33.3 Å². The minimum atomic E-state index is -0.478. The molecule has 2 aliphatic rings. The summed E-state index contributed by atoms with van der Waals surface area (Å²) >= 11 is 0. The smallest absolute Gasteiger partial charge is 0.255 e. The van der Waals surface area contributed by atoms with E-state index in [1.54, 1.807) is 0 Å². The van der Waals surface area contributed by atoms with E-state index in [4.69, 9.17) is 10.5 Å². The van der Waals surface area contributed by atoms with E-state index in [1.807, 2.05) is 31.3 Å². The molecule has 30 heavy (non-hydrogen) atoms. The summed E-state index contributed by atoms with van der Waals surface area (Å²) in [4.78, 5) is 18.1. The van der Waals surface area contributed by atoms with Gasteiger partial charge in [-0.15, -0.1) is 0 Å². The van der Waals surface area contributed by atoms with Gasteiger partial charge < -0.3 is 21.1 Å². The number of nitrogens with two attached hydrogens (primary N) is 1. The van der Waals surface area contributed by atoms with Crippen LogP contribution >= 0.6 is 0 Å². The van der Waals surface area contributed by atoms with Crippen molar-refractivity contribution < 1.29 is 9.53 Å². The average molecular weight is 416 g/mol. The molecule has 0 radical (unpaired) electrons. The first-order valence-corrected chi connectivity index (χ1v) is 11.3. The molecule has 1 aromatic carbocycles. The Kier molecular flexibility index (Phi) is 8.37. The van der Waals surface area contributed by atoms with E-state index in [-0.39, 0.29) is 12.1 Å². The van der Waals surface area contributed by atoms with E-state index < -0.39 is 5.91 Å². The Morgan fingerprint density at radius 1 is 1.13 bits per heavy atom. The normalized spacial score (nSPS) is 19.8. The summed E-state index contributed by atoms with van der Waals surface area (Å²) in [6.07, 6.45) is 10.6. The maximum Gasteiger partial charge on any atom is 0.255 e. The number of likely N-dealkylation sites (tertiary alicyclic amines) is 1. The first kappa shape index (κ1) is 22.4. The number of rotatable bonds is 8. The highest BCUT2D eigenvalue weighted by atomic mass is 16.5. The van der Waals surface area contributed by atoms with Crippen LogP contribution in [-0.4, -0.2) is 55.6 Å². The molecule has 0 aromatic heterocycles. The Balaban J connectivity index is 1.54. The predicted molar refractivity (Wildman–Crippen MR) is 121 cm³/mol. The van der Waals surface area contributed by atoms with Crippen molar-refractivity contribution in [2.45, 2.75) is 63.5 Å². The highest BCUT2D eigenvalue weighted by molar-refractivity contribution is 5.79. The van der Waals surface area contributed by atoms with Gasteiger partial charge in [0.25, 0.3) is 5.91 Å². The molecule has 4 N–H and O–H groups in total. The third-order valence-corrected chi connectivity index (χ3v) is 6.36. The molecule has 1 aromatic rings. The van der Waals surface area contributed by atoms with Crippen LogP contribution in [0, 0.1) is 0 Å². The van der Waals surface area contributed by atoms with Gasteiger partial charge >= 0.3 is 0 Å². The summed E-state index contributed by atoms with van der Waals surface area (Å²) in [6, 6.07) is 7.68. The van der Waals surface area contributed by atoms with Gasteiger partial charge in [-0.1, -0.05) is 37.8 Å². The Bertz CT molecular complexity index is 709. The Morgan fingerprint density at radius 2 is 1.87 bits per heavy atom. The second-order valence-corrected chi connectivity index (χ2v) is 8.51. The largest absolute Gasteiger partial charge is 0.484 e.